The fourth-order valence-electron chi connectivity index (χ4n) is 3.94. The molecule has 4 aromatic rings. The van der Waals surface area contributed by atoms with Crippen LogP contribution in [0.3, 0.4) is 0 Å². The van der Waals surface area contributed by atoms with E-state index in [0.29, 0.717) is 35.6 Å². The molecule has 0 aliphatic rings. The van der Waals surface area contributed by atoms with Crippen LogP contribution in [0.2, 0.25) is 0 Å². The quantitative estimate of drug-likeness (QED) is 0.134. The number of carbonyl (C=O) groups excluding carboxylic acids is 2. The number of H-pyrrole nitrogens is 2. The number of hydrogen-bond donors (Lipinski definition) is 5. The summed E-state index contributed by atoms with van der Waals surface area (Å²) in [4.78, 5) is 32.8. The van der Waals surface area contributed by atoms with Crippen molar-refractivity contribution in [1.82, 2.24) is 30.2 Å². The van der Waals surface area contributed by atoms with Crippen LogP contribution in [0.4, 0.5) is 5.95 Å². The first-order valence-electron chi connectivity index (χ1n) is 11.9. The number of carbonyl (C=O) groups is 2. The van der Waals surface area contributed by atoms with Crippen molar-refractivity contribution in [1.29, 1.82) is 0 Å². The van der Waals surface area contributed by atoms with Gasteiger partial charge in [-0.25, -0.2) is 13.4 Å². The second-order valence-electron chi connectivity index (χ2n) is 8.66. The van der Waals surface area contributed by atoms with Gasteiger partial charge in [0.05, 0.1) is 23.2 Å². The highest BCUT2D eigenvalue weighted by atomic mass is 32.2. The van der Waals surface area contributed by atoms with Gasteiger partial charge in [-0.05, 0) is 49.6 Å². The Morgan fingerprint density at radius 3 is 2.66 bits per heavy atom. The zero-order chi connectivity index (χ0) is 27.1. The Morgan fingerprint density at radius 2 is 1.92 bits per heavy atom. The van der Waals surface area contributed by atoms with Crippen LogP contribution >= 0.6 is 0 Å². The van der Waals surface area contributed by atoms with Gasteiger partial charge in [0.1, 0.15) is 6.04 Å². The van der Waals surface area contributed by atoms with Crippen molar-refractivity contribution in [3.05, 3.63) is 71.7 Å². The number of ether oxygens (including phenoxy) is 1. The SMILES string of the molecule is Cc1cccc(C)c1S(=O)(=O)NC(CNC(=O)c1ccc2[nH]ncc2c1)C(=O)OCCCNc1ncc[nH]1. The molecule has 0 radical (unpaired) electrons. The first kappa shape index (κ1) is 26.8. The van der Waals surface area contributed by atoms with Crippen LogP contribution < -0.4 is 15.4 Å². The number of fused-ring (bicyclic) bond motifs is 1. The van der Waals surface area contributed by atoms with Crippen LogP contribution in [0.15, 0.2) is 59.9 Å². The lowest BCUT2D eigenvalue weighted by molar-refractivity contribution is -0.145. The van der Waals surface area contributed by atoms with Crippen LogP contribution in [-0.2, 0) is 19.6 Å². The number of esters is 1. The van der Waals surface area contributed by atoms with E-state index >= 15 is 0 Å². The van der Waals surface area contributed by atoms with E-state index in [0.717, 1.165) is 10.9 Å². The third-order valence-electron chi connectivity index (χ3n) is 5.78. The molecule has 38 heavy (non-hydrogen) atoms. The normalized spacial score (nSPS) is 12.3. The molecule has 2 heterocycles. The van der Waals surface area contributed by atoms with Crippen molar-refractivity contribution < 1.29 is 22.7 Å². The summed E-state index contributed by atoms with van der Waals surface area (Å²) >= 11 is 0. The summed E-state index contributed by atoms with van der Waals surface area (Å²) in [7, 11) is -4.10. The predicted molar refractivity (Wildman–Crippen MR) is 141 cm³/mol. The van der Waals surface area contributed by atoms with Gasteiger partial charge < -0.3 is 20.4 Å². The summed E-state index contributed by atoms with van der Waals surface area (Å²) in [6, 6.07) is 8.72. The van der Waals surface area contributed by atoms with E-state index in [9.17, 15) is 18.0 Å². The highest BCUT2D eigenvalue weighted by Crippen LogP contribution is 2.20. The van der Waals surface area contributed by atoms with Gasteiger partial charge in [-0.1, -0.05) is 18.2 Å². The summed E-state index contributed by atoms with van der Waals surface area (Å²) in [5.74, 6) is -0.685. The van der Waals surface area contributed by atoms with Crippen LogP contribution in [0, 0.1) is 13.8 Å². The minimum Gasteiger partial charge on any atom is -0.464 e. The summed E-state index contributed by atoms with van der Waals surface area (Å²) in [6.07, 6.45) is 5.33. The molecule has 0 saturated carbocycles. The largest absolute Gasteiger partial charge is 0.464 e. The van der Waals surface area contributed by atoms with E-state index in [-0.39, 0.29) is 18.0 Å². The number of sulfonamides is 1. The van der Waals surface area contributed by atoms with Gasteiger partial charge in [0.2, 0.25) is 10.0 Å². The Bertz CT molecular complexity index is 1500. The number of hydrogen-bond acceptors (Lipinski definition) is 8. The minimum atomic E-state index is -4.10. The zero-order valence-electron chi connectivity index (χ0n) is 20.9. The molecule has 0 aliphatic carbocycles. The number of imidazole rings is 1. The third-order valence-corrected chi connectivity index (χ3v) is 7.56. The molecule has 0 bridgehead atoms. The number of aromatic amines is 2. The molecule has 5 N–H and O–H groups in total. The Hall–Kier alpha value is -4.23. The van der Waals surface area contributed by atoms with Gasteiger partial charge in [-0.2, -0.15) is 9.82 Å². The average Bonchev–Trinajstić information content (AvgIpc) is 3.57. The maximum absolute atomic E-state index is 13.3. The zero-order valence-corrected chi connectivity index (χ0v) is 21.8. The molecule has 13 heteroatoms. The second kappa shape index (κ2) is 11.9. The number of anilines is 1. The van der Waals surface area contributed by atoms with Crippen molar-refractivity contribution >= 4 is 38.8 Å². The van der Waals surface area contributed by atoms with Crippen LogP contribution in [-0.4, -0.2) is 66.2 Å². The summed E-state index contributed by atoms with van der Waals surface area (Å²) in [5.41, 5.74) is 2.18. The number of rotatable bonds is 12. The Labute approximate surface area is 219 Å². The van der Waals surface area contributed by atoms with E-state index in [1.54, 1.807) is 68.8 Å². The Morgan fingerprint density at radius 1 is 1.13 bits per heavy atom. The van der Waals surface area contributed by atoms with Crippen LogP contribution in [0.25, 0.3) is 10.9 Å². The lowest BCUT2D eigenvalue weighted by Crippen LogP contribution is -2.49. The number of nitrogens with one attached hydrogen (secondary N) is 5. The monoisotopic (exact) mass is 539 g/mol. The maximum atomic E-state index is 13.3. The predicted octanol–water partition coefficient (Wildman–Crippen LogP) is 2.03. The molecule has 0 saturated heterocycles. The van der Waals surface area contributed by atoms with E-state index in [4.69, 9.17) is 4.74 Å². The number of aryl methyl sites for hydroxylation is 2. The topological polar surface area (TPSA) is 171 Å². The van der Waals surface area contributed by atoms with Crippen molar-refractivity contribution in [2.45, 2.75) is 31.2 Å². The molecule has 1 amide bonds. The highest BCUT2D eigenvalue weighted by molar-refractivity contribution is 7.89. The van der Waals surface area contributed by atoms with E-state index in [1.165, 1.54) is 0 Å². The molecular formula is C25H29N7O5S. The fraction of sp³-hybridized carbons (Fsp3) is 0.280. The number of benzene rings is 2. The summed E-state index contributed by atoms with van der Waals surface area (Å²) in [6.45, 7) is 3.56. The van der Waals surface area contributed by atoms with Gasteiger partial charge in [-0.15, -0.1) is 0 Å². The third kappa shape index (κ3) is 6.55. The smallest absolute Gasteiger partial charge is 0.326 e. The number of aromatic nitrogens is 4. The second-order valence-corrected chi connectivity index (χ2v) is 10.3. The molecule has 0 aliphatic heterocycles. The van der Waals surface area contributed by atoms with E-state index < -0.39 is 27.9 Å². The van der Waals surface area contributed by atoms with Gasteiger partial charge >= 0.3 is 5.97 Å². The number of nitrogens with zero attached hydrogens (tertiary/aromatic N) is 2. The van der Waals surface area contributed by atoms with Crippen molar-refractivity contribution in [3.63, 3.8) is 0 Å². The molecule has 200 valence electrons. The Kier molecular flexibility index (Phi) is 8.38. The van der Waals surface area contributed by atoms with Crippen molar-refractivity contribution in [3.8, 4) is 0 Å². The van der Waals surface area contributed by atoms with Gasteiger partial charge in [0.15, 0.2) is 5.95 Å². The highest BCUT2D eigenvalue weighted by Gasteiger charge is 2.29. The van der Waals surface area contributed by atoms with Crippen LogP contribution in [0.5, 0.6) is 0 Å². The minimum absolute atomic E-state index is 0.0409. The standard InChI is InChI=1S/C25H29N7O5S/c1-16-5-3-6-17(2)22(16)38(35,36)32-21(24(34)37-12-4-9-26-25-27-10-11-28-25)15-29-23(33)18-7-8-20-19(13-18)14-30-31-20/h3,5-8,10-11,13-14,21,32H,4,9,12,15H2,1-2H3,(H,29,33)(H,30,31)(H2,26,27,28). The van der Waals surface area contributed by atoms with E-state index in [2.05, 4.69) is 35.5 Å². The van der Waals surface area contributed by atoms with Crippen molar-refractivity contribution in [2.75, 3.05) is 25.0 Å². The van der Waals surface area contributed by atoms with E-state index in [1.807, 2.05) is 0 Å². The Balaban J connectivity index is 1.43. The molecule has 2 aromatic heterocycles. The van der Waals surface area contributed by atoms with Crippen molar-refractivity contribution in [2.24, 2.45) is 0 Å². The lowest BCUT2D eigenvalue weighted by atomic mass is 10.1. The molecule has 0 spiro atoms. The fourth-order valence-corrected chi connectivity index (χ4v) is 5.59. The average molecular weight is 540 g/mol. The molecule has 0 fully saturated rings. The molecule has 4 rings (SSSR count). The summed E-state index contributed by atoms with van der Waals surface area (Å²) in [5, 5.41) is 13.2. The lowest BCUT2D eigenvalue weighted by Gasteiger charge is -2.20. The van der Waals surface area contributed by atoms with Gasteiger partial charge in [0, 0.05) is 36.4 Å². The maximum Gasteiger partial charge on any atom is 0.326 e. The molecular weight excluding hydrogens is 510 g/mol. The first-order chi connectivity index (χ1) is 18.2. The van der Waals surface area contributed by atoms with Crippen LogP contribution in [0.1, 0.15) is 27.9 Å². The van der Waals surface area contributed by atoms with Gasteiger partial charge in [0.25, 0.3) is 5.91 Å². The molecule has 1 unspecified atom stereocenters. The summed E-state index contributed by atoms with van der Waals surface area (Å²) < 4.78 is 34.3. The number of amides is 1. The molecule has 2 aromatic carbocycles. The molecule has 12 nitrogen and oxygen atoms in total. The van der Waals surface area contributed by atoms with Gasteiger partial charge in [-0.3, -0.25) is 14.7 Å². The first-order valence-corrected chi connectivity index (χ1v) is 13.4. The molecule has 1 atom stereocenters.